The van der Waals surface area contributed by atoms with E-state index in [9.17, 15) is 38.7 Å². The van der Waals surface area contributed by atoms with Crippen LogP contribution in [0.15, 0.2) is 64.0 Å². The highest BCUT2D eigenvalue weighted by Gasteiger charge is 2.55. The summed E-state index contributed by atoms with van der Waals surface area (Å²) in [4.78, 5) is 89.2. The molecule has 1 fully saturated rings. The fraction of sp³-hybridized carbons (Fsp3) is 0.433. The number of nitrogens with zero attached hydrogens (tertiary/aromatic N) is 1. The number of carbonyl (C=O) groups excluding carboxylic acids is 5. The molecule has 2 aliphatic rings. The summed E-state index contributed by atoms with van der Waals surface area (Å²) in [5.74, 6) is -6.25. The number of hydrogen-bond donors (Lipinski definition) is 3. The smallest absolute Gasteiger partial charge is 0.337 e. The minimum Gasteiger partial charge on any atom is -0.467 e. The zero-order chi connectivity index (χ0) is 35.1. The average Bonchev–Trinajstić information content (AvgIpc) is 3.37. The summed E-state index contributed by atoms with van der Waals surface area (Å²) in [6, 6.07) is 9.21. The maximum atomic E-state index is 13.3. The van der Waals surface area contributed by atoms with Gasteiger partial charge in [-0.15, -0.1) is 0 Å². The summed E-state index contributed by atoms with van der Waals surface area (Å²) in [7, 11) is 1.00. The molecule has 18 nitrogen and oxygen atoms in total. The summed E-state index contributed by atoms with van der Waals surface area (Å²) in [5, 5.41) is 13.0. The number of hydrogen-bond acceptors (Lipinski definition) is 15. The van der Waals surface area contributed by atoms with Gasteiger partial charge in [-0.05, 0) is 12.1 Å². The summed E-state index contributed by atoms with van der Waals surface area (Å²) in [6.07, 6.45) is -9.21. The standard InChI is InChI=1S/C30H33N3O15/c1-14(35)43-19-12-20(26(39)31-17-8-6-5-7-9-17)46-29(24(19)45-16(3)37)48-25(28(40)42-4)22-18(13-34)23(44-15(2)36)27(47-22)33-11-10-21(38)32-30(33)41/h5-12,18-19,22-25,27,29,34H,13H2,1-4H3,(H,31,39)(H,32,38,41)/t18-,19+,22+,23-,24+,25-,27-,29-/m1/s1. The van der Waals surface area contributed by atoms with E-state index in [4.69, 9.17) is 33.2 Å². The van der Waals surface area contributed by atoms with Crippen LogP contribution in [0, 0.1) is 5.92 Å². The van der Waals surface area contributed by atoms with Gasteiger partial charge in [0.05, 0.1) is 19.6 Å². The number of aliphatic hydroxyl groups is 1. The van der Waals surface area contributed by atoms with Gasteiger partial charge in [0.2, 0.25) is 12.4 Å². The van der Waals surface area contributed by atoms with E-state index >= 15 is 0 Å². The number of esters is 4. The molecule has 4 rings (SSSR count). The monoisotopic (exact) mass is 675 g/mol. The van der Waals surface area contributed by atoms with Gasteiger partial charge in [0.1, 0.15) is 6.10 Å². The van der Waals surface area contributed by atoms with Crippen molar-refractivity contribution < 1.29 is 62.2 Å². The fourth-order valence-electron chi connectivity index (χ4n) is 5.14. The summed E-state index contributed by atoms with van der Waals surface area (Å²) in [5.41, 5.74) is -1.34. The second-order valence-electron chi connectivity index (χ2n) is 10.5. The van der Waals surface area contributed by atoms with Crippen molar-refractivity contribution in [2.75, 3.05) is 19.0 Å². The Morgan fingerprint density at radius 2 is 1.60 bits per heavy atom. The number of ether oxygens (including phenoxy) is 7. The number of methoxy groups -OCH3 is 1. The SMILES string of the molecule is COC(=O)[C@H](O[C@H]1OC(C(=O)Nc2ccccc2)=C[C@H](OC(C)=O)[C@@H]1OC(C)=O)[C@H]1O[C@@H](n2ccc(=O)[nH]c2=O)[C@H](OC(C)=O)[C@@H]1CO. The number of carbonyl (C=O) groups is 5. The number of amides is 1. The molecule has 0 saturated carbocycles. The summed E-state index contributed by atoms with van der Waals surface area (Å²) < 4.78 is 39.6. The molecule has 48 heavy (non-hydrogen) atoms. The molecule has 2 aromatic rings. The predicted octanol–water partition coefficient (Wildman–Crippen LogP) is -0.725. The first-order chi connectivity index (χ1) is 22.8. The van der Waals surface area contributed by atoms with Crippen molar-refractivity contribution in [1.29, 1.82) is 0 Å². The predicted molar refractivity (Wildman–Crippen MR) is 157 cm³/mol. The van der Waals surface area contributed by atoms with E-state index in [1.54, 1.807) is 30.3 Å². The maximum absolute atomic E-state index is 13.3. The Kier molecular flexibility index (Phi) is 11.5. The first-order valence-corrected chi connectivity index (χ1v) is 14.4. The summed E-state index contributed by atoms with van der Waals surface area (Å²) in [6.45, 7) is 2.37. The number of benzene rings is 1. The topological polar surface area (TPSA) is 237 Å². The van der Waals surface area contributed by atoms with Gasteiger partial charge in [-0.1, -0.05) is 18.2 Å². The van der Waals surface area contributed by atoms with Crippen LogP contribution >= 0.6 is 0 Å². The average molecular weight is 676 g/mol. The Hall–Kier alpha value is -5.33. The van der Waals surface area contributed by atoms with Gasteiger partial charge in [-0.3, -0.25) is 33.5 Å². The Labute approximate surface area is 271 Å². The lowest BCUT2D eigenvalue weighted by molar-refractivity contribution is -0.253. The lowest BCUT2D eigenvalue weighted by Gasteiger charge is -2.37. The van der Waals surface area contributed by atoms with Crippen LogP contribution in [0.4, 0.5) is 5.69 Å². The van der Waals surface area contributed by atoms with Gasteiger partial charge in [0, 0.05) is 44.8 Å². The zero-order valence-corrected chi connectivity index (χ0v) is 26.1. The molecule has 0 unspecified atom stereocenters. The lowest BCUT2D eigenvalue weighted by Crippen LogP contribution is -2.53. The maximum Gasteiger partial charge on any atom is 0.337 e. The first-order valence-electron chi connectivity index (χ1n) is 14.4. The van der Waals surface area contributed by atoms with Crippen LogP contribution < -0.4 is 16.6 Å². The molecule has 1 aromatic carbocycles. The number of rotatable bonds is 11. The molecule has 2 aliphatic heterocycles. The number of anilines is 1. The highest BCUT2D eigenvalue weighted by atomic mass is 16.7. The third-order valence-corrected chi connectivity index (χ3v) is 7.08. The van der Waals surface area contributed by atoms with Gasteiger partial charge in [0.15, 0.2) is 30.3 Å². The molecule has 0 aliphatic carbocycles. The number of aromatic amines is 1. The molecule has 0 bridgehead atoms. The van der Waals surface area contributed by atoms with Crippen LogP contribution in [0.3, 0.4) is 0 Å². The number of para-hydroxylation sites is 1. The highest BCUT2D eigenvalue weighted by Crippen LogP contribution is 2.39. The Morgan fingerprint density at radius 3 is 2.19 bits per heavy atom. The normalized spacial score (nSPS) is 25.4. The molecule has 1 saturated heterocycles. The van der Waals surface area contributed by atoms with Crippen LogP contribution in [0.2, 0.25) is 0 Å². The number of aliphatic hydroxyl groups excluding tert-OH is 1. The van der Waals surface area contributed by atoms with Crippen molar-refractivity contribution in [2.24, 2.45) is 5.92 Å². The third-order valence-electron chi connectivity index (χ3n) is 7.08. The largest absolute Gasteiger partial charge is 0.467 e. The molecular weight excluding hydrogens is 642 g/mol. The van der Waals surface area contributed by atoms with E-state index in [1.165, 1.54) is 0 Å². The molecule has 1 aromatic heterocycles. The van der Waals surface area contributed by atoms with Crippen molar-refractivity contribution in [2.45, 2.75) is 63.8 Å². The quantitative estimate of drug-likeness (QED) is 0.197. The minimum atomic E-state index is -1.90. The van der Waals surface area contributed by atoms with Crippen LogP contribution in [0.5, 0.6) is 0 Å². The van der Waals surface area contributed by atoms with E-state index in [-0.39, 0.29) is 0 Å². The second-order valence-corrected chi connectivity index (χ2v) is 10.5. The van der Waals surface area contributed by atoms with Gasteiger partial charge in [-0.2, -0.15) is 0 Å². The molecule has 18 heteroatoms. The van der Waals surface area contributed by atoms with Gasteiger partial charge < -0.3 is 43.6 Å². The van der Waals surface area contributed by atoms with Crippen LogP contribution in [-0.2, 0) is 57.1 Å². The van der Waals surface area contributed by atoms with E-state index in [0.717, 1.165) is 50.8 Å². The van der Waals surface area contributed by atoms with E-state index in [2.05, 4.69) is 5.32 Å². The number of nitrogens with one attached hydrogen (secondary N) is 2. The van der Waals surface area contributed by atoms with Crippen molar-refractivity contribution in [1.82, 2.24) is 9.55 Å². The lowest BCUT2D eigenvalue weighted by atomic mass is 9.94. The van der Waals surface area contributed by atoms with E-state index in [1.807, 2.05) is 4.98 Å². The zero-order valence-electron chi connectivity index (χ0n) is 26.1. The molecule has 258 valence electrons. The Bertz CT molecular complexity index is 1670. The molecule has 1 amide bonds. The summed E-state index contributed by atoms with van der Waals surface area (Å²) >= 11 is 0. The van der Waals surface area contributed by atoms with Crippen LogP contribution in [0.1, 0.15) is 27.0 Å². The highest BCUT2D eigenvalue weighted by molar-refractivity contribution is 6.02. The van der Waals surface area contributed by atoms with E-state index in [0.29, 0.717) is 5.69 Å². The molecule has 0 radical (unpaired) electrons. The van der Waals surface area contributed by atoms with Crippen molar-refractivity contribution in [3.8, 4) is 0 Å². The fourth-order valence-corrected chi connectivity index (χ4v) is 5.14. The molecule has 3 heterocycles. The van der Waals surface area contributed by atoms with Crippen molar-refractivity contribution in [3.63, 3.8) is 0 Å². The Morgan fingerprint density at radius 1 is 0.958 bits per heavy atom. The molecule has 0 spiro atoms. The third kappa shape index (κ3) is 8.33. The molecular formula is C30H33N3O15. The van der Waals surface area contributed by atoms with Crippen LogP contribution in [-0.4, -0.2) is 95.0 Å². The minimum absolute atomic E-state index is 0.369. The second kappa shape index (κ2) is 15.5. The molecule has 3 N–H and O–H groups in total. The van der Waals surface area contributed by atoms with Gasteiger partial charge >= 0.3 is 29.6 Å². The molecule has 8 atom stereocenters. The Balaban J connectivity index is 1.75. The number of aromatic nitrogens is 2. The van der Waals surface area contributed by atoms with Gasteiger partial charge in [0.25, 0.3) is 11.5 Å². The van der Waals surface area contributed by atoms with Crippen molar-refractivity contribution >= 4 is 35.5 Å². The van der Waals surface area contributed by atoms with E-state index < -0.39 is 102 Å². The first kappa shape index (κ1) is 35.5. The van der Waals surface area contributed by atoms with Crippen LogP contribution in [0.25, 0.3) is 0 Å². The van der Waals surface area contributed by atoms with Gasteiger partial charge in [-0.25, -0.2) is 9.59 Å². The van der Waals surface area contributed by atoms with Crippen molar-refractivity contribution in [3.05, 3.63) is 75.3 Å². The number of H-pyrrole nitrogens is 1.